The Balaban J connectivity index is 1.94. The summed E-state index contributed by atoms with van der Waals surface area (Å²) in [7, 11) is 0. The van der Waals surface area contributed by atoms with Crippen LogP contribution in [0.25, 0.3) is 0 Å². The van der Waals surface area contributed by atoms with Gasteiger partial charge in [0.15, 0.2) is 0 Å². The zero-order valence-corrected chi connectivity index (χ0v) is 8.46. The average Bonchev–Trinajstić information content (AvgIpc) is 2.53. The van der Waals surface area contributed by atoms with E-state index in [1.807, 2.05) is 20.8 Å². The first-order valence-corrected chi connectivity index (χ1v) is 4.84. The number of hydrogen-bond acceptors (Lipinski definition) is 3. The fraction of sp³-hybridized carbons (Fsp3) is 0.900. The molecule has 2 aliphatic carbocycles. The van der Waals surface area contributed by atoms with E-state index in [-0.39, 0.29) is 23.0 Å². The van der Waals surface area contributed by atoms with Gasteiger partial charge in [-0.1, -0.05) is 0 Å². The number of nitrogens with two attached hydrogens (primary N) is 1. The Kier molecular flexibility index (Phi) is 1.57. The molecule has 0 aromatic rings. The van der Waals surface area contributed by atoms with Gasteiger partial charge in [-0.3, -0.25) is 4.79 Å². The molecule has 2 N–H and O–H groups in total. The van der Waals surface area contributed by atoms with E-state index in [1.165, 1.54) is 0 Å². The second kappa shape index (κ2) is 2.27. The molecule has 0 amide bonds. The lowest BCUT2D eigenvalue weighted by atomic mass is 9.80. The van der Waals surface area contributed by atoms with E-state index >= 15 is 0 Å². The Morgan fingerprint density at radius 1 is 1.46 bits per heavy atom. The molecule has 0 aromatic carbocycles. The van der Waals surface area contributed by atoms with Gasteiger partial charge >= 0.3 is 5.97 Å². The monoisotopic (exact) mass is 183 g/mol. The Bertz CT molecular complexity index is 256. The van der Waals surface area contributed by atoms with Gasteiger partial charge < -0.3 is 10.5 Å². The first-order chi connectivity index (χ1) is 5.85. The third kappa shape index (κ3) is 1.26. The Morgan fingerprint density at radius 2 is 2.08 bits per heavy atom. The van der Waals surface area contributed by atoms with Crippen molar-refractivity contribution in [1.82, 2.24) is 0 Å². The third-order valence-corrected chi connectivity index (χ3v) is 3.06. The fourth-order valence-electron chi connectivity index (χ4n) is 2.23. The summed E-state index contributed by atoms with van der Waals surface area (Å²) in [4.78, 5) is 11.7. The minimum absolute atomic E-state index is 0.0355. The van der Waals surface area contributed by atoms with E-state index < -0.39 is 0 Å². The zero-order chi connectivity index (χ0) is 9.85. The highest BCUT2D eigenvalue weighted by Gasteiger charge is 2.71. The number of carbonyl (C=O) groups excluding carboxylic acids is 1. The van der Waals surface area contributed by atoms with Crippen LogP contribution >= 0.6 is 0 Å². The van der Waals surface area contributed by atoms with Crippen LogP contribution in [-0.4, -0.2) is 17.6 Å². The molecule has 2 aliphatic rings. The molecule has 0 unspecified atom stereocenters. The molecule has 2 fully saturated rings. The van der Waals surface area contributed by atoms with E-state index in [0.717, 1.165) is 12.8 Å². The molecule has 3 atom stereocenters. The molecule has 2 rings (SSSR count). The Labute approximate surface area is 78.6 Å². The fourth-order valence-corrected chi connectivity index (χ4v) is 2.23. The van der Waals surface area contributed by atoms with Gasteiger partial charge in [0.1, 0.15) is 5.60 Å². The molecule has 0 heterocycles. The molecular formula is C10H17NO2. The highest BCUT2D eigenvalue weighted by molar-refractivity contribution is 5.83. The lowest BCUT2D eigenvalue weighted by Crippen LogP contribution is -2.44. The number of esters is 1. The summed E-state index contributed by atoms with van der Waals surface area (Å²) in [6.45, 7) is 5.70. The number of carbonyl (C=O) groups is 1. The van der Waals surface area contributed by atoms with Gasteiger partial charge in [-0.2, -0.15) is 0 Å². The normalized spacial score (nSPS) is 41.8. The molecule has 13 heavy (non-hydrogen) atoms. The van der Waals surface area contributed by atoms with Crippen LogP contribution in [-0.2, 0) is 9.53 Å². The van der Waals surface area contributed by atoms with Crippen LogP contribution in [0.2, 0.25) is 0 Å². The molecular weight excluding hydrogens is 166 g/mol. The smallest absolute Gasteiger partial charge is 0.313 e. The van der Waals surface area contributed by atoms with Crippen LogP contribution in [0.3, 0.4) is 0 Å². The van der Waals surface area contributed by atoms with E-state index in [4.69, 9.17) is 10.5 Å². The van der Waals surface area contributed by atoms with Crippen LogP contribution < -0.4 is 5.73 Å². The highest BCUT2D eigenvalue weighted by atomic mass is 16.6. The van der Waals surface area contributed by atoms with Gasteiger partial charge in [-0.15, -0.1) is 0 Å². The maximum absolute atomic E-state index is 11.7. The summed E-state index contributed by atoms with van der Waals surface area (Å²) < 4.78 is 5.34. The van der Waals surface area contributed by atoms with Crippen LogP contribution in [0.15, 0.2) is 0 Å². The van der Waals surface area contributed by atoms with Crippen LogP contribution in [0, 0.1) is 11.3 Å². The molecule has 2 saturated carbocycles. The molecule has 0 aliphatic heterocycles. The van der Waals surface area contributed by atoms with Crippen molar-refractivity contribution >= 4 is 5.97 Å². The maximum atomic E-state index is 11.7. The molecule has 0 saturated heterocycles. The second-order valence-electron chi connectivity index (χ2n) is 5.34. The van der Waals surface area contributed by atoms with Gasteiger partial charge in [0, 0.05) is 6.04 Å². The summed E-state index contributed by atoms with van der Waals surface area (Å²) in [6.07, 6.45) is 1.77. The molecule has 0 bridgehead atoms. The number of fused-ring (bicyclic) bond motifs is 1. The van der Waals surface area contributed by atoms with E-state index in [0.29, 0.717) is 5.92 Å². The van der Waals surface area contributed by atoms with Crippen LogP contribution in [0.4, 0.5) is 0 Å². The lowest BCUT2D eigenvalue weighted by Gasteiger charge is -2.32. The van der Waals surface area contributed by atoms with Crippen molar-refractivity contribution in [3.63, 3.8) is 0 Å². The predicted molar refractivity (Wildman–Crippen MR) is 49.0 cm³/mol. The summed E-state index contributed by atoms with van der Waals surface area (Å²) in [5.41, 5.74) is 5.22. The molecule has 0 radical (unpaired) electrons. The lowest BCUT2D eigenvalue weighted by molar-refractivity contribution is -0.165. The van der Waals surface area contributed by atoms with Crippen LogP contribution in [0.1, 0.15) is 33.6 Å². The van der Waals surface area contributed by atoms with Crippen molar-refractivity contribution in [3.05, 3.63) is 0 Å². The van der Waals surface area contributed by atoms with E-state index in [2.05, 4.69) is 0 Å². The van der Waals surface area contributed by atoms with Crippen LogP contribution in [0.5, 0.6) is 0 Å². The average molecular weight is 183 g/mol. The molecule has 74 valence electrons. The molecule has 0 spiro atoms. The van der Waals surface area contributed by atoms with E-state index in [9.17, 15) is 4.79 Å². The summed E-state index contributed by atoms with van der Waals surface area (Å²) in [5.74, 6) is 0.383. The minimum atomic E-state index is -0.362. The van der Waals surface area contributed by atoms with Crippen molar-refractivity contribution in [3.8, 4) is 0 Å². The van der Waals surface area contributed by atoms with Gasteiger partial charge in [0.25, 0.3) is 0 Å². The SMILES string of the molecule is CC(C)(C)OC(=O)[C@@]12C[C@@H](N)[C@@H]1C2. The first kappa shape index (κ1) is 9.00. The molecule has 3 nitrogen and oxygen atoms in total. The molecule has 3 heteroatoms. The van der Waals surface area contributed by atoms with Crippen molar-refractivity contribution in [2.24, 2.45) is 17.1 Å². The van der Waals surface area contributed by atoms with Crippen molar-refractivity contribution in [1.29, 1.82) is 0 Å². The minimum Gasteiger partial charge on any atom is -0.460 e. The maximum Gasteiger partial charge on any atom is 0.313 e. The molecule has 0 aromatic heterocycles. The zero-order valence-electron chi connectivity index (χ0n) is 8.46. The van der Waals surface area contributed by atoms with Gasteiger partial charge in [0.2, 0.25) is 0 Å². The van der Waals surface area contributed by atoms with E-state index in [1.54, 1.807) is 0 Å². The summed E-state index contributed by atoms with van der Waals surface area (Å²) >= 11 is 0. The topological polar surface area (TPSA) is 52.3 Å². The quantitative estimate of drug-likeness (QED) is 0.618. The Hall–Kier alpha value is -0.570. The van der Waals surface area contributed by atoms with Crippen molar-refractivity contribution < 1.29 is 9.53 Å². The summed E-state index contributed by atoms with van der Waals surface area (Å²) in [6, 6.07) is 0.243. The third-order valence-electron chi connectivity index (χ3n) is 3.06. The highest BCUT2D eigenvalue weighted by Crippen LogP contribution is 2.67. The van der Waals surface area contributed by atoms with Gasteiger partial charge in [-0.05, 0) is 39.5 Å². The number of rotatable bonds is 1. The van der Waals surface area contributed by atoms with Gasteiger partial charge in [0.05, 0.1) is 5.41 Å². The second-order valence-corrected chi connectivity index (χ2v) is 5.34. The van der Waals surface area contributed by atoms with Crippen molar-refractivity contribution in [2.75, 3.05) is 0 Å². The summed E-state index contributed by atoms with van der Waals surface area (Å²) in [5, 5.41) is 0. The predicted octanol–water partition coefficient (Wildman–Crippen LogP) is 1.07. The Morgan fingerprint density at radius 3 is 2.38 bits per heavy atom. The largest absolute Gasteiger partial charge is 0.460 e. The van der Waals surface area contributed by atoms with Crippen molar-refractivity contribution in [2.45, 2.75) is 45.3 Å². The standard InChI is InChI=1S/C10H17NO2/c1-9(2,3)13-8(12)10-4-6(10)7(11)5-10/h6-7H,4-5,11H2,1-3H3/t6-,7+,10-/m0/s1. The number of ether oxygens (including phenoxy) is 1. The first-order valence-electron chi connectivity index (χ1n) is 4.84. The van der Waals surface area contributed by atoms with Gasteiger partial charge in [-0.25, -0.2) is 0 Å². The number of hydrogen-bond donors (Lipinski definition) is 1.